The Morgan fingerprint density at radius 2 is 1.86 bits per heavy atom. The number of nitrogen functional groups attached to an aromatic ring is 1. The van der Waals surface area contributed by atoms with E-state index in [2.05, 4.69) is 10.2 Å². The van der Waals surface area contributed by atoms with Crippen molar-refractivity contribution in [1.82, 2.24) is 19.8 Å². The predicted molar refractivity (Wildman–Crippen MR) is 82.2 cm³/mol. The lowest BCUT2D eigenvalue weighted by Gasteiger charge is -2.21. The van der Waals surface area contributed by atoms with E-state index in [0.717, 1.165) is 16.4 Å². The third kappa shape index (κ3) is 5.28. The number of nitrogens with zero attached hydrogens (tertiary/aromatic N) is 4. The SMILES string of the molecule is COCCN(CCOC)C(=O)CSc1nnc(C)c(=O)n1N. The Kier molecular flexibility index (Phi) is 7.85. The minimum absolute atomic E-state index is 0.0990. The first kappa shape index (κ1) is 18.4. The molecule has 0 aliphatic carbocycles. The molecule has 0 aliphatic heterocycles. The number of nitrogens with two attached hydrogens (primary N) is 1. The molecule has 0 radical (unpaired) electrons. The highest BCUT2D eigenvalue weighted by Crippen LogP contribution is 2.12. The monoisotopic (exact) mass is 331 g/mol. The van der Waals surface area contributed by atoms with Crippen LogP contribution in [0.15, 0.2) is 9.95 Å². The summed E-state index contributed by atoms with van der Waals surface area (Å²) in [6.45, 7) is 3.33. The van der Waals surface area contributed by atoms with Gasteiger partial charge in [0.15, 0.2) is 0 Å². The van der Waals surface area contributed by atoms with Crippen LogP contribution in [-0.4, -0.2) is 72.0 Å². The van der Waals surface area contributed by atoms with Crippen LogP contribution in [-0.2, 0) is 14.3 Å². The molecular weight excluding hydrogens is 310 g/mol. The van der Waals surface area contributed by atoms with Gasteiger partial charge in [-0.3, -0.25) is 9.59 Å². The van der Waals surface area contributed by atoms with E-state index in [1.165, 1.54) is 6.92 Å². The zero-order valence-electron chi connectivity index (χ0n) is 12.9. The maximum absolute atomic E-state index is 12.2. The van der Waals surface area contributed by atoms with Crippen molar-refractivity contribution in [3.05, 3.63) is 16.0 Å². The predicted octanol–water partition coefficient (Wildman–Crippen LogP) is -1.13. The fourth-order valence-electron chi connectivity index (χ4n) is 1.55. The summed E-state index contributed by atoms with van der Waals surface area (Å²) in [5.74, 6) is 5.60. The van der Waals surface area contributed by atoms with Gasteiger partial charge < -0.3 is 20.2 Å². The number of carbonyl (C=O) groups excluding carboxylic acids is 1. The number of amides is 1. The molecule has 0 aromatic carbocycles. The van der Waals surface area contributed by atoms with E-state index in [4.69, 9.17) is 15.3 Å². The Hall–Kier alpha value is -1.65. The van der Waals surface area contributed by atoms with Gasteiger partial charge in [0.1, 0.15) is 5.69 Å². The van der Waals surface area contributed by atoms with Crippen LogP contribution in [0, 0.1) is 6.92 Å². The maximum Gasteiger partial charge on any atom is 0.294 e. The van der Waals surface area contributed by atoms with Crippen molar-refractivity contribution in [3.8, 4) is 0 Å². The quantitative estimate of drug-likeness (QED) is 0.447. The molecule has 124 valence electrons. The zero-order chi connectivity index (χ0) is 16.5. The Labute approximate surface area is 132 Å². The van der Waals surface area contributed by atoms with Gasteiger partial charge in [-0.1, -0.05) is 11.8 Å². The summed E-state index contributed by atoms with van der Waals surface area (Å²) in [4.78, 5) is 25.5. The average Bonchev–Trinajstić information content (AvgIpc) is 2.52. The molecular formula is C12H21N5O4S. The van der Waals surface area contributed by atoms with Crippen molar-refractivity contribution in [2.75, 3.05) is 52.1 Å². The lowest BCUT2D eigenvalue weighted by atomic mass is 10.4. The Bertz CT molecular complexity index is 543. The average molecular weight is 331 g/mol. The van der Waals surface area contributed by atoms with E-state index in [9.17, 15) is 9.59 Å². The zero-order valence-corrected chi connectivity index (χ0v) is 13.8. The largest absolute Gasteiger partial charge is 0.383 e. The highest BCUT2D eigenvalue weighted by molar-refractivity contribution is 7.99. The molecule has 1 heterocycles. The van der Waals surface area contributed by atoms with Crippen LogP contribution in [0.3, 0.4) is 0 Å². The maximum atomic E-state index is 12.2. The van der Waals surface area contributed by atoms with Crippen molar-refractivity contribution in [3.63, 3.8) is 0 Å². The number of carbonyl (C=O) groups is 1. The Balaban J connectivity index is 2.65. The molecule has 0 bridgehead atoms. The molecule has 0 saturated carbocycles. The highest BCUT2D eigenvalue weighted by atomic mass is 32.2. The fraction of sp³-hybridized carbons (Fsp3) is 0.667. The van der Waals surface area contributed by atoms with E-state index < -0.39 is 5.56 Å². The summed E-state index contributed by atoms with van der Waals surface area (Å²) >= 11 is 1.06. The van der Waals surface area contributed by atoms with Gasteiger partial charge in [-0.2, -0.15) is 4.68 Å². The molecule has 1 amide bonds. The van der Waals surface area contributed by atoms with Gasteiger partial charge in [0.25, 0.3) is 5.56 Å². The minimum atomic E-state index is -0.430. The summed E-state index contributed by atoms with van der Waals surface area (Å²) in [5, 5.41) is 7.73. The first-order valence-electron chi connectivity index (χ1n) is 6.61. The van der Waals surface area contributed by atoms with Crippen molar-refractivity contribution >= 4 is 17.7 Å². The Morgan fingerprint density at radius 3 is 2.41 bits per heavy atom. The number of methoxy groups -OCH3 is 2. The first-order valence-corrected chi connectivity index (χ1v) is 7.59. The number of aryl methyl sites for hydroxylation is 1. The number of rotatable bonds is 9. The third-order valence-electron chi connectivity index (χ3n) is 2.83. The van der Waals surface area contributed by atoms with E-state index in [-0.39, 0.29) is 22.5 Å². The molecule has 1 aromatic heterocycles. The van der Waals surface area contributed by atoms with E-state index in [1.807, 2.05) is 0 Å². The summed E-state index contributed by atoms with van der Waals surface area (Å²) in [6.07, 6.45) is 0. The van der Waals surface area contributed by atoms with E-state index in [1.54, 1.807) is 19.1 Å². The van der Waals surface area contributed by atoms with Gasteiger partial charge in [0.05, 0.1) is 19.0 Å². The van der Waals surface area contributed by atoms with Crippen LogP contribution in [0.2, 0.25) is 0 Å². The standard InChI is InChI=1S/C12H21N5O4S/c1-9-11(19)17(13)12(15-14-9)22-8-10(18)16(4-6-20-2)5-7-21-3/h4-8,13H2,1-3H3. The van der Waals surface area contributed by atoms with Crippen molar-refractivity contribution < 1.29 is 14.3 Å². The van der Waals surface area contributed by atoms with Gasteiger partial charge in [-0.15, -0.1) is 10.2 Å². The summed E-state index contributed by atoms with van der Waals surface area (Å²) in [7, 11) is 3.14. The van der Waals surface area contributed by atoms with Gasteiger partial charge in [-0.05, 0) is 6.92 Å². The van der Waals surface area contributed by atoms with Crippen LogP contribution in [0.5, 0.6) is 0 Å². The molecule has 0 aliphatic rings. The van der Waals surface area contributed by atoms with Crippen LogP contribution in [0.4, 0.5) is 0 Å². The number of ether oxygens (including phenoxy) is 2. The molecule has 0 saturated heterocycles. The van der Waals surface area contributed by atoms with E-state index >= 15 is 0 Å². The molecule has 10 heteroatoms. The topological polar surface area (TPSA) is 113 Å². The van der Waals surface area contributed by atoms with Gasteiger partial charge >= 0.3 is 0 Å². The molecule has 0 unspecified atom stereocenters. The molecule has 2 N–H and O–H groups in total. The lowest BCUT2D eigenvalue weighted by Crippen LogP contribution is -2.38. The van der Waals surface area contributed by atoms with Crippen LogP contribution in [0.1, 0.15) is 5.69 Å². The van der Waals surface area contributed by atoms with Crippen molar-refractivity contribution in [2.45, 2.75) is 12.1 Å². The van der Waals surface area contributed by atoms with Crippen molar-refractivity contribution in [1.29, 1.82) is 0 Å². The van der Waals surface area contributed by atoms with Crippen LogP contribution < -0.4 is 11.4 Å². The second-order valence-electron chi connectivity index (χ2n) is 4.40. The Morgan fingerprint density at radius 1 is 1.27 bits per heavy atom. The fourth-order valence-corrected chi connectivity index (χ4v) is 2.31. The highest BCUT2D eigenvalue weighted by Gasteiger charge is 2.15. The molecule has 0 spiro atoms. The molecule has 22 heavy (non-hydrogen) atoms. The number of hydrogen-bond donors (Lipinski definition) is 1. The van der Waals surface area contributed by atoms with E-state index in [0.29, 0.717) is 26.3 Å². The molecule has 9 nitrogen and oxygen atoms in total. The second-order valence-corrected chi connectivity index (χ2v) is 5.34. The minimum Gasteiger partial charge on any atom is -0.383 e. The molecule has 1 aromatic rings. The summed E-state index contributed by atoms with van der Waals surface area (Å²) in [6, 6.07) is 0. The van der Waals surface area contributed by atoms with Gasteiger partial charge in [-0.25, -0.2) is 0 Å². The smallest absolute Gasteiger partial charge is 0.294 e. The summed E-state index contributed by atoms with van der Waals surface area (Å²) < 4.78 is 10.9. The normalized spacial score (nSPS) is 10.7. The second kappa shape index (κ2) is 9.38. The van der Waals surface area contributed by atoms with Crippen LogP contribution >= 0.6 is 11.8 Å². The lowest BCUT2D eigenvalue weighted by molar-refractivity contribution is -0.129. The van der Waals surface area contributed by atoms with Crippen molar-refractivity contribution in [2.24, 2.45) is 0 Å². The van der Waals surface area contributed by atoms with Gasteiger partial charge in [0, 0.05) is 27.3 Å². The van der Waals surface area contributed by atoms with Gasteiger partial charge in [0.2, 0.25) is 11.1 Å². The number of hydrogen-bond acceptors (Lipinski definition) is 8. The summed E-state index contributed by atoms with van der Waals surface area (Å²) in [5.41, 5.74) is -0.222. The van der Waals surface area contributed by atoms with Crippen LogP contribution in [0.25, 0.3) is 0 Å². The molecule has 1 rings (SSSR count). The number of thioether (sulfide) groups is 1. The third-order valence-corrected chi connectivity index (χ3v) is 3.76. The molecule has 0 fully saturated rings. The first-order chi connectivity index (χ1) is 10.5. The number of aromatic nitrogens is 3. The molecule has 0 atom stereocenters.